The van der Waals surface area contributed by atoms with Crippen molar-refractivity contribution in [3.05, 3.63) is 0 Å². The van der Waals surface area contributed by atoms with Crippen molar-refractivity contribution in [2.75, 3.05) is 32.8 Å². The van der Waals surface area contributed by atoms with E-state index >= 15 is 0 Å². The van der Waals surface area contributed by atoms with Gasteiger partial charge in [-0.05, 0) is 102 Å². The van der Waals surface area contributed by atoms with Crippen molar-refractivity contribution in [2.24, 2.45) is 5.41 Å². The summed E-state index contributed by atoms with van der Waals surface area (Å²) < 4.78 is 11.5. The monoisotopic (exact) mass is 736 g/mol. The number of carbonyl (C=O) groups is 2. The number of unbranched alkanes of at least 4 members (excludes halogenated alkanes) is 20. The molecule has 0 radical (unpaired) electrons. The van der Waals surface area contributed by atoms with Gasteiger partial charge in [-0.15, -0.1) is 0 Å². The minimum absolute atomic E-state index is 0.0120. The van der Waals surface area contributed by atoms with Gasteiger partial charge >= 0.3 is 11.9 Å². The number of esters is 2. The van der Waals surface area contributed by atoms with E-state index in [1.165, 1.54) is 148 Å². The molecule has 0 spiro atoms. The second-order valence-corrected chi connectivity index (χ2v) is 16.6. The third-order valence-corrected chi connectivity index (χ3v) is 11.6. The molecule has 52 heavy (non-hydrogen) atoms. The van der Waals surface area contributed by atoms with Crippen LogP contribution in [0.2, 0.25) is 0 Å². The van der Waals surface area contributed by atoms with Crippen LogP contribution < -0.4 is 0 Å². The molecule has 6 heteroatoms. The van der Waals surface area contributed by atoms with Gasteiger partial charge in [-0.2, -0.15) is 0 Å². The second kappa shape index (κ2) is 35.6. The maximum Gasteiger partial charge on any atom is 0.306 e. The summed E-state index contributed by atoms with van der Waals surface area (Å²) in [6, 6.07) is 0. The predicted molar refractivity (Wildman–Crippen MR) is 221 cm³/mol. The predicted octanol–water partition coefficient (Wildman–Crippen LogP) is 13.1. The Balaban J connectivity index is 2.16. The standard InChI is InChI=1S/C46H89NO5/c1-4-7-10-13-16-22-27-42-51-44(49)33-28-34-46(36-37-46)35-29-39-47(40-41-48)38-26-21-17-20-25-32-45(50)52-43(30-23-18-14-11-8-5-2)31-24-19-15-12-9-6-3/h43,48H,4-42H2,1-3H3. The molecule has 0 aromatic carbocycles. The van der Waals surface area contributed by atoms with E-state index in [-0.39, 0.29) is 24.6 Å². The van der Waals surface area contributed by atoms with Crippen LogP contribution >= 0.6 is 0 Å². The first-order chi connectivity index (χ1) is 25.5. The van der Waals surface area contributed by atoms with E-state index in [1.807, 2.05) is 0 Å². The zero-order valence-electron chi connectivity index (χ0n) is 35.2. The number of aliphatic hydroxyl groups excluding tert-OH is 1. The zero-order valence-corrected chi connectivity index (χ0v) is 35.2. The topological polar surface area (TPSA) is 76.1 Å². The van der Waals surface area contributed by atoms with Crippen molar-refractivity contribution in [3.63, 3.8) is 0 Å². The Labute approximate surface area is 323 Å². The highest BCUT2D eigenvalue weighted by Crippen LogP contribution is 2.53. The van der Waals surface area contributed by atoms with Crippen molar-refractivity contribution < 1.29 is 24.2 Å². The fraction of sp³-hybridized carbons (Fsp3) is 0.957. The molecule has 0 atom stereocenters. The minimum Gasteiger partial charge on any atom is -0.466 e. The van der Waals surface area contributed by atoms with Crippen LogP contribution in [0, 0.1) is 5.41 Å². The first-order valence-electron chi connectivity index (χ1n) is 23.2. The highest BCUT2D eigenvalue weighted by Gasteiger charge is 2.41. The lowest BCUT2D eigenvalue weighted by atomic mass is 9.93. The Kier molecular flexibility index (Phi) is 33.4. The third kappa shape index (κ3) is 30.2. The Hall–Kier alpha value is -1.14. The van der Waals surface area contributed by atoms with Gasteiger partial charge in [0.1, 0.15) is 6.10 Å². The lowest BCUT2D eigenvalue weighted by molar-refractivity contribution is -0.150. The summed E-state index contributed by atoms with van der Waals surface area (Å²) in [5.41, 5.74) is 0.452. The molecule has 1 fully saturated rings. The van der Waals surface area contributed by atoms with Crippen LogP contribution in [0.3, 0.4) is 0 Å². The van der Waals surface area contributed by atoms with E-state index in [4.69, 9.17) is 9.47 Å². The molecule has 1 N–H and O–H groups in total. The Morgan fingerprint density at radius 3 is 1.56 bits per heavy atom. The van der Waals surface area contributed by atoms with E-state index < -0.39 is 0 Å². The van der Waals surface area contributed by atoms with Crippen molar-refractivity contribution in [2.45, 2.75) is 245 Å². The van der Waals surface area contributed by atoms with E-state index in [0.29, 0.717) is 24.9 Å². The molecule has 0 saturated heterocycles. The van der Waals surface area contributed by atoms with Gasteiger partial charge in [0.15, 0.2) is 0 Å². The second-order valence-electron chi connectivity index (χ2n) is 16.6. The summed E-state index contributed by atoms with van der Waals surface area (Å²) in [4.78, 5) is 27.4. The summed E-state index contributed by atoms with van der Waals surface area (Å²) in [5.74, 6) is 0.00494. The number of ether oxygens (including phenoxy) is 2. The van der Waals surface area contributed by atoms with Gasteiger partial charge in [-0.1, -0.05) is 143 Å². The van der Waals surface area contributed by atoms with Gasteiger partial charge < -0.3 is 19.5 Å². The molecule has 1 aliphatic rings. The number of nitrogens with zero attached hydrogens (tertiary/aromatic N) is 1. The van der Waals surface area contributed by atoms with Crippen molar-refractivity contribution >= 4 is 11.9 Å². The summed E-state index contributed by atoms with van der Waals surface area (Å²) >= 11 is 0. The number of carbonyl (C=O) groups excluding carboxylic acids is 2. The first kappa shape index (κ1) is 48.9. The molecular formula is C46H89NO5. The number of hydrogen-bond donors (Lipinski definition) is 1. The van der Waals surface area contributed by atoms with Gasteiger partial charge in [-0.25, -0.2) is 0 Å². The van der Waals surface area contributed by atoms with Crippen LogP contribution in [-0.2, 0) is 19.1 Å². The largest absolute Gasteiger partial charge is 0.466 e. The quantitative estimate of drug-likeness (QED) is 0.0498. The van der Waals surface area contributed by atoms with Gasteiger partial charge in [0.25, 0.3) is 0 Å². The number of hydrogen-bond acceptors (Lipinski definition) is 6. The molecule has 0 unspecified atom stereocenters. The molecule has 1 aliphatic carbocycles. The maximum atomic E-state index is 12.7. The van der Waals surface area contributed by atoms with E-state index in [2.05, 4.69) is 25.7 Å². The van der Waals surface area contributed by atoms with Gasteiger partial charge in [0.05, 0.1) is 13.2 Å². The van der Waals surface area contributed by atoms with Crippen LogP contribution in [-0.4, -0.2) is 60.9 Å². The van der Waals surface area contributed by atoms with E-state index in [1.54, 1.807) is 0 Å². The van der Waals surface area contributed by atoms with Crippen molar-refractivity contribution in [1.82, 2.24) is 4.90 Å². The van der Waals surface area contributed by atoms with Crippen LogP contribution in [0.4, 0.5) is 0 Å². The normalized spacial score (nSPS) is 13.7. The average molecular weight is 736 g/mol. The van der Waals surface area contributed by atoms with E-state index in [0.717, 1.165) is 77.4 Å². The molecule has 6 nitrogen and oxygen atoms in total. The smallest absolute Gasteiger partial charge is 0.306 e. The molecule has 0 bridgehead atoms. The van der Waals surface area contributed by atoms with Gasteiger partial charge in [-0.3, -0.25) is 9.59 Å². The Morgan fingerprint density at radius 2 is 1.00 bits per heavy atom. The van der Waals surface area contributed by atoms with Crippen molar-refractivity contribution in [3.8, 4) is 0 Å². The fourth-order valence-electron chi connectivity index (χ4n) is 7.83. The van der Waals surface area contributed by atoms with Crippen LogP contribution in [0.1, 0.15) is 239 Å². The molecule has 0 aliphatic heterocycles. The molecule has 0 aromatic rings. The van der Waals surface area contributed by atoms with Crippen molar-refractivity contribution in [1.29, 1.82) is 0 Å². The lowest BCUT2D eigenvalue weighted by Gasteiger charge is -2.23. The lowest BCUT2D eigenvalue weighted by Crippen LogP contribution is -2.29. The summed E-state index contributed by atoms with van der Waals surface area (Å²) in [6.45, 7) is 10.4. The van der Waals surface area contributed by atoms with Crippen LogP contribution in [0.5, 0.6) is 0 Å². The number of aliphatic hydroxyl groups is 1. The Bertz CT molecular complexity index is 784. The van der Waals surface area contributed by atoms with Gasteiger partial charge in [0.2, 0.25) is 0 Å². The summed E-state index contributed by atoms with van der Waals surface area (Å²) in [6.07, 6.45) is 40.0. The first-order valence-corrected chi connectivity index (χ1v) is 23.2. The fourth-order valence-corrected chi connectivity index (χ4v) is 7.83. The molecule has 1 saturated carbocycles. The maximum absolute atomic E-state index is 12.7. The summed E-state index contributed by atoms with van der Waals surface area (Å²) in [7, 11) is 0. The van der Waals surface area contributed by atoms with Crippen LogP contribution in [0.15, 0.2) is 0 Å². The molecule has 1 rings (SSSR count). The number of rotatable bonds is 41. The summed E-state index contributed by atoms with van der Waals surface area (Å²) in [5, 5.41) is 9.65. The molecule has 0 heterocycles. The third-order valence-electron chi connectivity index (χ3n) is 11.6. The minimum atomic E-state index is -0.0120. The average Bonchev–Trinajstić information content (AvgIpc) is 3.91. The molecule has 308 valence electrons. The Morgan fingerprint density at radius 1 is 0.538 bits per heavy atom. The highest BCUT2D eigenvalue weighted by atomic mass is 16.5. The van der Waals surface area contributed by atoms with Gasteiger partial charge in [0, 0.05) is 19.4 Å². The highest BCUT2D eigenvalue weighted by molar-refractivity contribution is 5.69. The molecule has 0 amide bonds. The van der Waals surface area contributed by atoms with E-state index in [9.17, 15) is 14.7 Å². The van der Waals surface area contributed by atoms with Crippen LogP contribution in [0.25, 0.3) is 0 Å². The zero-order chi connectivity index (χ0) is 37.8. The SMILES string of the molecule is CCCCCCCCCOC(=O)CCCC1(CCCN(CCO)CCCCCCCC(=O)OC(CCCCCCCC)CCCCCCCC)CC1. The molecular weight excluding hydrogens is 647 g/mol. The molecule has 0 aromatic heterocycles.